The van der Waals surface area contributed by atoms with E-state index in [1.165, 1.54) is 17.7 Å². The maximum Gasteiger partial charge on any atom is 0.127 e. The molecule has 0 saturated heterocycles. The highest BCUT2D eigenvalue weighted by Crippen LogP contribution is 2.42. The molecule has 1 aromatic carbocycles. The van der Waals surface area contributed by atoms with E-state index in [4.69, 9.17) is 15.5 Å². The minimum Gasteiger partial charge on any atom is -0.396 e. The minimum absolute atomic E-state index is 0.381. The van der Waals surface area contributed by atoms with Gasteiger partial charge >= 0.3 is 0 Å². The quantitative estimate of drug-likeness (QED) is 0.409. The predicted molar refractivity (Wildman–Crippen MR) is 128 cm³/mol. The Bertz CT molecular complexity index is 1480. The Labute approximate surface area is 190 Å². The third-order valence-electron chi connectivity index (χ3n) is 5.24. The van der Waals surface area contributed by atoms with E-state index in [-0.39, 0.29) is 0 Å². The molecule has 0 saturated carbocycles. The Balaban J connectivity index is 1.74. The Morgan fingerprint density at radius 1 is 1.25 bits per heavy atom. The van der Waals surface area contributed by atoms with Crippen molar-refractivity contribution in [2.75, 3.05) is 25.2 Å². The van der Waals surface area contributed by atoms with Crippen molar-refractivity contribution in [1.82, 2.24) is 24.7 Å². The molecule has 4 aromatic heterocycles. The topological polar surface area (TPSA) is 109 Å². The zero-order chi connectivity index (χ0) is 22.2. The van der Waals surface area contributed by atoms with Crippen LogP contribution in [0.2, 0.25) is 0 Å². The second-order valence-electron chi connectivity index (χ2n) is 7.22. The second-order valence-corrected chi connectivity index (χ2v) is 9.98. The van der Waals surface area contributed by atoms with Gasteiger partial charge in [0.15, 0.2) is 0 Å². The molecule has 2 N–H and O–H groups in total. The van der Waals surface area contributed by atoms with Crippen molar-refractivity contribution in [3.8, 4) is 22.5 Å². The first-order chi connectivity index (χ1) is 15.6. The van der Waals surface area contributed by atoms with Crippen LogP contribution in [0.15, 0.2) is 53.3 Å². The molecule has 0 aliphatic heterocycles. The van der Waals surface area contributed by atoms with Gasteiger partial charge in [0.05, 0.1) is 45.8 Å². The molecule has 0 spiro atoms. The minimum atomic E-state index is -1.27. The number of nitrogens with two attached hydrogens (primary N) is 1. The molecule has 5 rings (SSSR count). The maximum absolute atomic E-state index is 12.9. The van der Waals surface area contributed by atoms with Crippen LogP contribution >= 0.6 is 11.3 Å². The zero-order valence-electron chi connectivity index (χ0n) is 17.5. The van der Waals surface area contributed by atoms with Gasteiger partial charge in [0, 0.05) is 48.5 Å². The number of hydrogen-bond acceptors (Lipinski definition) is 8. The van der Waals surface area contributed by atoms with Crippen LogP contribution in [-0.4, -0.2) is 48.4 Å². The third-order valence-corrected chi connectivity index (χ3v) is 8.11. The van der Waals surface area contributed by atoms with E-state index in [1.54, 1.807) is 24.2 Å². The average molecular weight is 465 g/mol. The van der Waals surface area contributed by atoms with Crippen LogP contribution < -0.4 is 5.73 Å². The van der Waals surface area contributed by atoms with Gasteiger partial charge in [-0.1, -0.05) is 6.07 Å². The predicted octanol–water partition coefficient (Wildman–Crippen LogP) is 3.64. The molecule has 1 atom stereocenters. The van der Waals surface area contributed by atoms with Crippen molar-refractivity contribution in [3.05, 3.63) is 49.1 Å². The summed E-state index contributed by atoms with van der Waals surface area (Å²) in [7, 11) is 2.21. The maximum atomic E-state index is 12.9. The summed E-state index contributed by atoms with van der Waals surface area (Å²) in [5.41, 5.74) is 11.4. The monoisotopic (exact) mass is 464 g/mol. The Kier molecular flexibility index (Phi) is 5.41. The van der Waals surface area contributed by atoms with E-state index in [0.717, 1.165) is 43.6 Å². The number of nitrogens with zero attached hydrogens (tertiary/aromatic N) is 5. The number of aryl methyl sites for hydroxylation is 1. The van der Waals surface area contributed by atoms with Crippen LogP contribution in [0.1, 0.15) is 0 Å². The van der Waals surface area contributed by atoms with Crippen LogP contribution in [0.5, 0.6) is 0 Å². The van der Waals surface area contributed by atoms with Crippen molar-refractivity contribution in [2.45, 2.75) is 4.21 Å². The molecule has 8 nitrogen and oxygen atoms in total. The van der Waals surface area contributed by atoms with Crippen LogP contribution in [0.4, 0.5) is 5.69 Å². The molecule has 0 aliphatic rings. The highest BCUT2D eigenvalue weighted by Gasteiger charge is 2.22. The molecular formula is C22H20N6O2S2. The van der Waals surface area contributed by atoms with E-state index in [0.29, 0.717) is 22.3 Å². The van der Waals surface area contributed by atoms with Crippen LogP contribution in [0, 0.1) is 0 Å². The first kappa shape index (κ1) is 20.7. The zero-order valence-corrected chi connectivity index (χ0v) is 19.1. The summed E-state index contributed by atoms with van der Waals surface area (Å²) in [5.74, 6) is 0.381. The Hall–Kier alpha value is -3.21. The van der Waals surface area contributed by atoms with Gasteiger partial charge in [-0.2, -0.15) is 5.10 Å². The summed E-state index contributed by atoms with van der Waals surface area (Å²) in [4.78, 5) is 14.1. The van der Waals surface area contributed by atoms with E-state index < -0.39 is 10.8 Å². The summed E-state index contributed by atoms with van der Waals surface area (Å²) in [6.07, 6.45) is 5.06. The molecule has 0 radical (unpaired) electrons. The highest BCUT2D eigenvalue weighted by molar-refractivity contribution is 7.87. The van der Waals surface area contributed by atoms with Crippen LogP contribution in [0.3, 0.4) is 0 Å². The lowest BCUT2D eigenvalue weighted by Crippen LogP contribution is -2.04. The lowest BCUT2D eigenvalue weighted by Gasteiger charge is -2.09. The van der Waals surface area contributed by atoms with Crippen molar-refractivity contribution in [2.24, 2.45) is 7.05 Å². The molecule has 0 amide bonds. The lowest BCUT2D eigenvalue weighted by atomic mass is 10.0. The van der Waals surface area contributed by atoms with Crippen LogP contribution in [-0.2, 0) is 22.6 Å². The van der Waals surface area contributed by atoms with E-state index in [2.05, 4.69) is 15.1 Å². The molecule has 0 unspecified atom stereocenters. The fraction of sp³-hybridized carbons (Fsp3) is 0.182. The number of benzene rings is 1. The van der Waals surface area contributed by atoms with Crippen LogP contribution in [0.25, 0.3) is 43.6 Å². The molecule has 10 heteroatoms. The van der Waals surface area contributed by atoms with Crippen molar-refractivity contribution >= 4 is 48.9 Å². The molecule has 5 aromatic rings. The normalized spacial score (nSPS) is 12.6. The number of aromatic nitrogens is 5. The first-order valence-corrected chi connectivity index (χ1v) is 12.0. The molecular weight excluding hydrogens is 444 g/mol. The number of rotatable bonds is 6. The fourth-order valence-electron chi connectivity index (χ4n) is 3.65. The number of anilines is 1. The van der Waals surface area contributed by atoms with Gasteiger partial charge in [0.1, 0.15) is 15.4 Å². The second kappa shape index (κ2) is 8.38. The van der Waals surface area contributed by atoms with Gasteiger partial charge in [-0.3, -0.25) is 8.89 Å². The standard InChI is InChI=1S/C22H20N6O2S2/c1-28-18(5-6-26-28)15-10-17(13-3-4-16-14(9-13)11-24-12-25-16)27-21-19(15)20(23)22(31-21)32(29)8-7-30-2/h3-6,9-12H,7-8,23H2,1-2H3/t32-/m1/s1. The number of hydrogen-bond donors (Lipinski definition) is 1. The number of methoxy groups -OCH3 is 1. The summed E-state index contributed by atoms with van der Waals surface area (Å²) >= 11 is 1.37. The fourth-order valence-corrected chi connectivity index (χ4v) is 6.22. The average Bonchev–Trinajstić information content (AvgIpc) is 3.39. The largest absolute Gasteiger partial charge is 0.396 e. The van der Waals surface area contributed by atoms with E-state index in [1.807, 2.05) is 37.4 Å². The molecule has 0 bridgehead atoms. The molecule has 4 heterocycles. The third kappa shape index (κ3) is 3.56. The van der Waals surface area contributed by atoms with E-state index >= 15 is 0 Å². The van der Waals surface area contributed by atoms with Gasteiger partial charge < -0.3 is 10.5 Å². The number of ether oxygens (including phenoxy) is 1. The van der Waals surface area contributed by atoms with Gasteiger partial charge in [-0.15, -0.1) is 11.3 Å². The Morgan fingerprint density at radius 2 is 2.12 bits per heavy atom. The highest BCUT2D eigenvalue weighted by atomic mass is 32.2. The number of pyridine rings is 1. The lowest BCUT2D eigenvalue weighted by molar-refractivity contribution is 0.218. The molecule has 0 fully saturated rings. The van der Waals surface area contributed by atoms with Gasteiger partial charge in [0.25, 0.3) is 0 Å². The number of nitrogen functional groups attached to an aromatic ring is 1. The molecule has 32 heavy (non-hydrogen) atoms. The number of fused-ring (bicyclic) bond motifs is 2. The summed E-state index contributed by atoms with van der Waals surface area (Å²) in [5, 5.41) is 6.05. The molecule has 162 valence electrons. The Morgan fingerprint density at radius 3 is 2.91 bits per heavy atom. The number of thiophene rings is 1. The van der Waals surface area contributed by atoms with Gasteiger partial charge in [-0.25, -0.2) is 15.0 Å². The summed E-state index contributed by atoms with van der Waals surface area (Å²) in [6.45, 7) is 0.396. The molecule has 0 aliphatic carbocycles. The van der Waals surface area contributed by atoms with Crippen molar-refractivity contribution in [3.63, 3.8) is 0 Å². The van der Waals surface area contributed by atoms with Gasteiger partial charge in [0.2, 0.25) is 0 Å². The SMILES string of the molecule is COCC[S@@](=O)c1sc2nc(-c3ccc4ncncc4c3)cc(-c3ccnn3C)c2c1N. The van der Waals surface area contributed by atoms with Gasteiger partial charge in [-0.05, 0) is 24.3 Å². The van der Waals surface area contributed by atoms with Crippen molar-refractivity contribution < 1.29 is 8.95 Å². The van der Waals surface area contributed by atoms with E-state index in [9.17, 15) is 4.21 Å². The van der Waals surface area contributed by atoms with Crippen molar-refractivity contribution in [1.29, 1.82) is 0 Å². The summed E-state index contributed by atoms with van der Waals surface area (Å²) < 4.78 is 20.4. The smallest absolute Gasteiger partial charge is 0.127 e. The summed E-state index contributed by atoms with van der Waals surface area (Å²) in [6, 6.07) is 9.91. The first-order valence-electron chi connectivity index (χ1n) is 9.85.